The van der Waals surface area contributed by atoms with Crippen molar-refractivity contribution in [3.8, 4) is 0 Å². The Bertz CT molecular complexity index is 331. The Balaban J connectivity index is 2.86. The molecule has 92 valence electrons. The van der Waals surface area contributed by atoms with Crippen LogP contribution in [0, 0.1) is 0 Å². The molecule has 3 nitrogen and oxygen atoms in total. The van der Waals surface area contributed by atoms with Crippen LogP contribution in [0.3, 0.4) is 0 Å². The highest BCUT2D eigenvalue weighted by Crippen LogP contribution is 2.21. The molecular weight excluding hydrogens is 218 g/mol. The molecule has 0 amide bonds. The van der Waals surface area contributed by atoms with Crippen LogP contribution >= 0.6 is 11.8 Å². The third-order valence-corrected chi connectivity index (χ3v) is 3.52. The Kier molecular flexibility index (Phi) is 5.19. The van der Waals surface area contributed by atoms with Crippen molar-refractivity contribution >= 4 is 17.6 Å². The summed E-state index contributed by atoms with van der Waals surface area (Å²) in [5.41, 5.74) is 7.23. The van der Waals surface area contributed by atoms with Gasteiger partial charge in [-0.2, -0.15) is 11.8 Å². The molecule has 1 heterocycles. The zero-order chi connectivity index (χ0) is 12.1. The van der Waals surface area contributed by atoms with Gasteiger partial charge in [-0.3, -0.25) is 0 Å². The topological polar surface area (TPSA) is 43.8 Å². The third-order valence-electron chi connectivity index (χ3n) is 2.62. The first kappa shape index (κ1) is 13.4. The van der Waals surface area contributed by atoms with Crippen LogP contribution in [0.15, 0.2) is 0 Å². The van der Waals surface area contributed by atoms with Gasteiger partial charge in [0.1, 0.15) is 11.6 Å². The van der Waals surface area contributed by atoms with Gasteiger partial charge in [0, 0.05) is 18.9 Å². The van der Waals surface area contributed by atoms with Crippen LogP contribution in [0.2, 0.25) is 0 Å². The molecule has 0 aromatic carbocycles. The first-order chi connectivity index (χ1) is 7.61. The van der Waals surface area contributed by atoms with Crippen molar-refractivity contribution in [2.45, 2.75) is 46.6 Å². The van der Waals surface area contributed by atoms with Gasteiger partial charge in [-0.1, -0.05) is 13.8 Å². The lowest BCUT2D eigenvalue weighted by Crippen LogP contribution is -2.09. The van der Waals surface area contributed by atoms with Gasteiger partial charge in [-0.05, 0) is 25.4 Å². The summed E-state index contributed by atoms with van der Waals surface area (Å²) in [7, 11) is 0. The second-order valence-corrected chi connectivity index (χ2v) is 5.52. The van der Waals surface area contributed by atoms with Crippen LogP contribution < -0.4 is 5.73 Å². The lowest BCUT2D eigenvalue weighted by atomic mass is 10.3. The summed E-state index contributed by atoms with van der Waals surface area (Å²) in [5, 5.41) is 0. The van der Waals surface area contributed by atoms with Gasteiger partial charge < -0.3 is 10.3 Å². The van der Waals surface area contributed by atoms with E-state index in [-0.39, 0.29) is 0 Å². The molecule has 0 aliphatic rings. The molecule has 2 N–H and O–H groups in total. The molecule has 0 radical (unpaired) electrons. The molecule has 4 heteroatoms. The van der Waals surface area contributed by atoms with Crippen LogP contribution in [0.25, 0.3) is 0 Å². The van der Waals surface area contributed by atoms with Gasteiger partial charge in [-0.15, -0.1) is 0 Å². The van der Waals surface area contributed by atoms with Gasteiger partial charge in [-0.25, -0.2) is 4.98 Å². The fourth-order valence-electron chi connectivity index (χ4n) is 1.87. The highest BCUT2D eigenvalue weighted by molar-refractivity contribution is 7.99. The summed E-state index contributed by atoms with van der Waals surface area (Å²) in [6.45, 7) is 8.62. The highest BCUT2D eigenvalue weighted by Gasteiger charge is 2.14. The number of nitrogen functional groups attached to an aromatic ring is 1. The maximum atomic E-state index is 6.15. The quantitative estimate of drug-likeness (QED) is 0.779. The molecule has 16 heavy (non-hydrogen) atoms. The van der Waals surface area contributed by atoms with Gasteiger partial charge in [0.2, 0.25) is 0 Å². The molecule has 0 fully saturated rings. The minimum atomic E-state index is 0.398. The standard InChI is InChI=1S/C12H23N3S/c1-5-11-14-10(7-8-16-6-2)12(13)15(11)9(3)4/h9H,5-8,13H2,1-4H3. The molecule has 0 unspecified atom stereocenters. The molecule has 0 saturated carbocycles. The number of nitrogens with two attached hydrogens (primary N) is 1. The van der Waals surface area contributed by atoms with Crippen LogP contribution in [0.5, 0.6) is 0 Å². The second-order valence-electron chi connectivity index (χ2n) is 4.12. The van der Waals surface area contributed by atoms with E-state index in [0.29, 0.717) is 6.04 Å². The van der Waals surface area contributed by atoms with Crippen molar-refractivity contribution in [2.24, 2.45) is 0 Å². The molecular formula is C12H23N3S. The lowest BCUT2D eigenvalue weighted by Gasteiger charge is -2.12. The normalized spacial score (nSPS) is 11.3. The number of imidazole rings is 1. The average molecular weight is 241 g/mol. The van der Waals surface area contributed by atoms with E-state index < -0.39 is 0 Å². The van der Waals surface area contributed by atoms with Crippen molar-refractivity contribution in [3.63, 3.8) is 0 Å². The monoisotopic (exact) mass is 241 g/mol. The zero-order valence-corrected chi connectivity index (χ0v) is 11.6. The molecule has 1 aromatic rings. The van der Waals surface area contributed by atoms with Crippen molar-refractivity contribution < 1.29 is 0 Å². The molecule has 0 aliphatic carbocycles. The average Bonchev–Trinajstić information content (AvgIpc) is 2.56. The first-order valence-electron chi connectivity index (χ1n) is 6.04. The summed E-state index contributed by atoms with van der Waals surface area (Å²) < 4.78 is 2.16. The van der Waals surface area contributed by atoms with E-state index in [0.717, 1.165) is 41.7 Å². The van der Waals surface area contributed by atoms with Gasteiger partial charge in [0.15, 0.2) is 0 Å². The summed E-state index contributed by atoms with van der Waals surface area (Å²) in [4.78, 5) is 4.65. The fraction of sp³-hybridized carbons (Fsp3) is 0.750. The second kappa shape index (κ2) is 6.18. The number of aromatic nitrogens is 2. The van der Waals surface area contributed by atoms with Crippen LogP contribution in [-0.2, 0) is 12.8 Å². The van der Waals surface area contributed by atoms with Crippen molar-refractivity contribution in [2.75, 3.05) is 17.2 Å². The molecule has 0 saturated heterocycles. The summed E-state index contributed by atoms with van der Waals surface area (Å²) in [6, 6.07) is 0.398. The molecule has 1 aromatic heterocycles. The number of nitrogens with zero attached hydrogens (tertiary/aromatic N) is 2. The van der Waals surface area contributed by atoms with E-state index >= 15 is 0 Å². The largest absolute Gasteiger partial charge is 0.384 e. The van der Waals surface area contributed by atoms with Crippen molar-refractivity contribution in [1.29, 1.82) is 0 Å². The summed E-state index contributed by atoms with van der Waals surface area (Å²) >= 11 is 1.94. The number of aryl methyl sites for hydroxylation is 2. The van der Waals surface area contributed by atoms with E-state index in [1.54, 1.807) is 0 Å². The number of hydrogen-bond acceptors (Lipinski definition) is 3. The van der Waals surface area contributed by atoms with E-state index in [9.17, 15) is 0 Å². The number of rotatable bonds is 6. The molecule has 1 rings (SSSR count). The molecule has 0 spiro atoms. The Labute approximate surface area is 103 Å². The third kappa shape index (κ3) is 2.94. The van der Waals surface area contributed by atoms with Gasteiger partial charge in [0.05, 0.1) is 5.69 Å². The maximum absolute atomic E-state index is 6.15. The van der Waals surface area contributed by atoms with Gasteiger partial charge in [0.25, 0.3) is 0 Å². The SMILES string of the molecule is CCSCCc1nc(CC)n(C(C)C)c1N. The van der Waals surface area contributed by atoms with Crippen LogP contribution in [-0.4, -0.2) is 21.1 Å². The zero-order valence-electron chi connectivity index (χ0n) is 10.8. The highest BCUT2D eigenvalue weighted by atomic mass is 32.2. The minimum absolute atomic E-state index is 0.398. The van der Waals surface area contributed by atoms with Gasteiger partial charge >= 0.3 is 0 Å². The number of thioether (sulfide) groups is 1. The Morgan fingerprint density at radius 1 is 1.38 bits per heavy atom. The molecule has 0 atom stereocenters. The summed E-state index contributed by atoms with van der Waals surface area (Å²) in [6.07, 6.45) is 1.93. The van der Waals surface area contributed by atoms with E-state index in [1.165, 1.54) is 0 Å². The summed E-state index contributed by atoms with van der Waals surface area (Å²) in [5.74, 6) is 4.25. The Morgan fingerprint density at radius 2 is 2.06 bits per heavy atom. The predicted molar refractivity (Wildman–Crippen MR) is 73.1 cm³/mol. The minimum Gasteiger partial charge on any atom is -0.384 e. The number of hydrogen-bond donors (Lipinski definition) is 1. The first-order valence-corrected chi connectivity index (χ1v) is 7.20. The van der Waals surface area contributed by atoms with Crippen molar-refractivity contribution in [3.05, 3.63) is 11.5 Å². The van der Waals surface area contributed by atoms with E-state index in [2.05, 4.69) is 37.2 Å². The number of anilines is 1. The Morgan fingerprint density at radius 3 is 2.50 bits per heavy atom. The molecule has 0 aliphatic heterocycles. The van der Waals surface area contributed by atoms with Crippen LogP contribution in [0.4, 0.5) is 5.82 Å². The fourth-order valence-corrected chi connectivity index (χ4v) is 2.49. The molecule has 0 bridgehead atoms. The van der Waals surface area contributed by atoms with Crippen molar-refractivity contribution in [1.82, 2.24) is 9.55 Å². The van der Waals surface area contributed by atoms with E-state index in [4.69, 9.17) is 5.73 Å². The predicted octanol–water partition coefficient (Wildman–Crippen LogP) is 2.90. The maximum Gasteiger partial charge on any atom is 0.127 e. The van der Waals surface area contributed by atoms with E-state index in [1.807, 2.05) is 11.8 Å². The van der Waals surface area contributed by atoms with Crippen LogP contribution in [0.1, 0.15) is 45.3 Å². The lowest BCUT2D eigenvalue weighted by molar-refractivity contribution is 0.579. The Hall–Kier alpha value is -0.640. The smallest absolute Gasteiger partial charge is 0.127 e.